The summed E-state index contributed by atoms with van der Waals surface area (Å²) in [6, 6.07) is 13.5. The summed E-state index contributed by atoms with van der Waals surface area (Å²) in [5.74, 6) is 1.72. The van der Waals surface area contributed by atoms with Crippen LogP contribution in [0.4, 0.5) is 5.69 Å². The number of benzene rings is 2. The zero-order valence-corrected chi connectivity index (χ0v) is 15.4. The molecule has 1 aliphatic carbocycles. The van der Waals surface area contributed by atoms with Gasteiger partial charge in [-0.15, -0.1) is 0 Å². The highest BCUT2D eigenvalue weighted by molar-refractivity contribution is 5.54. The molecular formula is C22H27NO2. The van der Waals surface area contributed by atoms with E-state index in [-0.39, 0.29) is 6.10 Å². The minimum atomic E-state index is 0.165. The normalized spacial score (nSPS) is 20.6. The average molecular weight is 337 g/mol. The third kappa shape index (κ3) is 3.38. The van der Waals surface area contributed by atoms with Crippen LogP contribution in [0.25, 0.3) is 0 Å². The fourth-order valence-electron chi connectivity index (χ4n) is 3.77. The van der Waals surface area contributed by atoms with E-state index in [1.165, 1.54) is 40.8 Å². The highest BCUT2D eigenvalue weighted by Crippen LogP contribution is 2.41. The summed E-state index contributed by atoms with van der Waals surface area (Å²) in [7, 11) is 1.74. The van der Waals surface area contributed by atoms with Gasteiger partial charge in [0.1, 0.15) is 5.75 Å². The van der Waals surface area contributed by atoms with Gasteiger partial charge in [0, 0.05) is 24.8 Å². The largest absolute Gasteiger partial charge is 0.496 e. The molecule has 2 aliphatic rings. The van der Waals surface area contributed by atoms with E-state index in [2.05, 4.69) is 55.1 Å². The number of hydrogen-bond donors (Lipinski definition) is 0. The first-order valence-corrected chi connectivity index (χ1v) is 9.29. The van der Waals surface area contributed by atoms with Crippen LogP contribution in [-0.2, 0) is 11.3 Å². The highest BCUT2D eigenvalue weighted by atomic mass is 16.5. The Labute approximate surface area is 150 Å². The lowest BCUT2D eigenvalue weighted by atomic mass is 9.97. The predicted molar refractivity (Wildman–Crippen MR) is 102 cm³/mol. The van der Waals surface area contributed by atoms with Crippen LogP contribution in [0.2, 0.25) is 0 Å². The van der Waals surface area contributed by atoms with Gasteiger partial charge in [-0.25, -0.2) is 0 Å². The number of fused-ring (bicyclic) bond motifs is 1. The molecular weight excluding hydrogens is 310 g/mol. The number of ether oxygens (including phenoxy) is 2. The van der Waals surface area contributed by atoms with E-state index < -0.39 is 0 Å². The van der Waals surface area contributed by atoms with Crippen molar-refractivity contribution in [2.24, 2.45) is 0 Å². The molecule has 0 bridgehead atoms. The first kappa shape index (κ1) is 16.5. The molecule has 1 unspecified atom stereocenters. The number of rotatable bonds is 3. The van der Waals surface area contributed by atoms with E-state index in [9.17, 15) is 0 Å². The average Bonchev–Trinajstić information content (AvgIpc) is 3.44. The van der Waals surface area contributed by atoms with Gasteiger partial charge in [-0.2, -0.15) is 0 Å². The van der Waals surface area contributed by atoms with Crippen molar-refractivity contribution in [3.05, 3.63) is 58.7 Å². The van der Waals surface area contributed by atoms with Crippen molar-refractivity contribution in [1.82, 2.24) is 0 Å². The molecule has 3 heteroatoms. The second-order valence-electron chi connectivity index (χ2n) is 7.32. The summed E-state index contributed by atoms with van der Waals surface area (Å²) < 4.78 is 11.6. The number of hydrogen-bond acceptors (Lipinski definition) is 3. The lowest BCUT2D eigenvalue weighted by molar-refractivity contribution is 0.0672. The monoisotopic (exact) mass is 337 g/mol. The second-order valence-corrected chi connectivity index (χ2v) is 7.32. The molecule has 1 saturated carbocycles. The third-order valence-corrected chi connectivity index (χ3v) is 5.50. The van der Waals surface area contributed by atoms with Crippen LogP contribution in [0.3, 0.4) is 0 Å². The van der Waals surface area contributed by atoms with Gasteiger partial charge in [-0.05, 0) is 60.9 Å². The maximum Gasteiger partial charge on any atom is 0.123 e. The standard InChI is InChI=1S/C22H27NO2/c1-15-4-8-20(13-22(15)24-3)23-10-11-25-16(2)21-9-7-18(17-5-6-17)12-19(21)14-23/h4,7-9,12-13,16-17H,5-6,10-11,14H2,1-3H3. The molecule has 132 valence electrons. The zero-order valence-electron chi connectivity index (χ0n) is 15.4. The molecule has 1 fully saturated rings. The number of anilines is 1. The molecule has 2 aromatic carbocycles. The van der Waals surface area contributed by atoms with E-state index >= 15 is 0 Å². The van der Waals surface area contributed by atoms with Crippen LogP contribution in [-0.4, -0.2) is 20.3 Å². The Kier molecular flexibility index (Phi) is 4.43. The maximum absolute atomic E-state index is 6.08. The smallest absolute Gasteiger partial charge is 0.123 e. The molecule has 3 nitrogen and oxygen atoms in total. The lowest BCUT2D eigenvalue weighted by Crippen LogP contribution is -2.30. The second kappa shape index (κ2) is 6.72. The van der Waals surface area contributed by atoms with Gasteiger partial charge in [0.15, 0.2) is 0 Å². The Bertz CT molecular complexity index is 767. The SMILES string of the molecule is COc1cc(N2CCOC(C)c3ccc(C4CC4)cc3C2)ccc1C. The van der Waals surface area contributed by atoms with Gasteiger partial charge in [0.25, 0.3) is 0 Å². The van der Waals surface area contributed by atoms with Crippen LogP contribution >= 0.6 is 0 Å². The molecule has 0 aromatic heterocycles. The maximum atomic E-state index is 6.08. The van der Waals surface area contributed by atoms with Crippen molar-refractivity contribution in [2.75, 3.05) is 25.2 Å². The Morgan fingerprint density at radius 3 is 2.72 bits per heavy atom. The van der Waals surface area contributed by atoms with E-state index in [1.807, 2.05) is 0 Å². The first-order valence-electron chi connectivity index (χ1n) is 9.29. The summed E-state index contributed by atoms with van der Waals surface area (Å²) in [4.78, 5) is 2.41. The van der Waals surface area contributed by atoms with Gasteiger partial charge in [0.2, 0.25) is 0 Å². The van der Waals surface area contributed by atoms with Crippen LogP contribution in [0.1, 0.15) is 54.0 Å². The fraction of sp³-hybridized carbons (Fsp3) is 0.455. The Balaban J connectivity index is 1.68. The molecule has 1 heterocycles. The van der Waals surface area contributed by atoms with E-state index in [0.29, 0.717) is 0 Å². The topological polar surface area (TPSA) is 21.7 Å². The summed E-state index contributed by atoms with van der Waals surface area (Å²) in [5.41, 5.74) is 6.58. The van der Waals surface area contributed by atoms with E-state index in [0.717, 1.165) is 31.4 Å². The zero-order chi connectivity index (χ0) is 17.4. The first-order chi connectivity index (χ1) is 12.2. The van der Waals surface area contributed by atoms with Crippen molar-refractivity contribution in [3.8, 4) is 5.75 Å². The van der Waals surface area contributed by atoms with Gasteiger partial charge in [0.05, 0.1) is 19.8 Å². The van der Waals surface area contributed by atoms with Crippen molar-refractivity contribution in [3.63, 3.8) is 0 Å². The van der Waals surface area contributed by atoms with Gasteiger partial charge >= 0.3 is 0 Å². The molecule has 1 aliphatic heterocycles. The molecule has 2 aromatic rings. The molecule has 0 N–H and O–H groups in total. The summed E-state index contributed by atoms with van der Waals surface area (Å²) in [5, 5.41) is 0. The van der Waals surface area contributed by atoms with Crippen LogP contribution in [0, 0.1) is 6.92 Å². The van der Waals surface area contributed by atoms with E-state index in [4.69, 9.17) is 9.47 Å². The summed E-state index contributed by atoms with van der Waals surface area (Å²) in [6.07, 6.45) is 2.84. The Morgan fingerprint density at radius 2 is 1.96 bits per heavy atom. The van der Waals surface area contributed by atoms with E-state index in [1.54, 1.807) is 7.11 Å². The lowest BCUT2D eigenvalue weighted by Gasteiger charge is -2.31. The Hall–Kier alpha value is -2.00. The fourth-order valence-corrected chi connectivity index (χ4v) is 3.77. The number of nitrogens with zero attached hydrogens (tertiary/aromatic N) is 1. The predicted octanol–water partition coefficient (Wildman–Crippen LogP) is 4.98. The minimum absolute atomic E-state index is 0.165. The summed E-state index contributed by atoms with van der Waals surface area (Å²) >= 11 is 0. The third-order valence-electron chi connectivity index (χ3n) is 5.50. The molecule has 0 saturated heterocycles. The number of aryl methyl sites for hydroxylation is 1. The molecule has 25 heavy (non-hydrogen) atoms. The quantitative estimate of drug-likeness (QED) is 0.788. The highest BCUT2D eigenvalue weighted by Gasteiger charge is 2.26. The Morgan fingerprint density at radius 1 is 1.12 bits per heavy atom. The van der Waals surface area contributed by atoms with Gasteiger partial charge in [-0.3, -0.25) is 0 Å². The van der Waals surface area contributed by atoms with Crippen LogP contribution < -0.4 is 9.64 Å². The number of methoxy groups -OCH3 is 1. The molecule has 0 spiro atoms. The van der Waals surface area contributed by atoms with Crippen molar-refractivity contribution in [1.29, 1.82) is 0 Å². The van der Waals surface area contributed by atoms with Crippen molar-refractivity contribution >= 4 is 5.69 Å². The van der Waals surface area contributed by atoms with Crippen LogP contribution in [0.15, 0.2) is 36.4 Å². The van der Waals surface area contributed by atoms with Gasteiger partial charge in [-0.1, -0.05) is 24.3 Å². The van der Waals surface area contributed by atoms with Gasteiger partial charge < -0.3 is 14.4 Å². The van der Waals surface area contributed by atoms with Crippen LogP contribution in [0.5, 0.6) is 5.75 Å². The molecule has 4 rings (SSSR count). The molecule has 0 amide bonds. The van der Waals surface area contributed by atoms with Crippen molar-refractivity contribution in [2.45, 2.75) is 45.3 Å². The van der Waals surface area contributed by atoms with Crippen molar-refractivity contribution < 1.29 is 9.47 Å². The summed E-state index contributed by atoms with van der Waals surface area (Å²) in [6.45, 7) is 6.80. The minimum Gasteiger partial charge on any atom is -0.496 e. The molecule has 0 radical (unpaired) electrons. The molecule has 1 atom stereocenters.